The third-order valence-corrected chi connectivity index (χ3v) is 8.47. The molecule has 49 heavy (non-hydrogen) atoms. The van der Waals surface area contributed by atoms with Crippen molar-refractivity contribution in [1.82, 2.24) is 4.90 Å². The Labute approximate surface area is 283 Å². The zero-order valence-electron chi connectivity index (χ0n) is 25.8. The number of nitrogens with zero attached hydrogens (tertiary/aromatic N) is 1. The molecule has 1 aromatic heterocycles. The lowest BCUT2D eigenvalue weighted by atomic mass is 10.0. The van der Waals surface area contributed by atoms with Crippen LogP contribution in [0.15, 0.2) is 58.8 Å². The van der Waals surface area contributed by atoms with Crippen LogP contribution in [0, 0.1) is 0 Å². The van der Waals surface area contributed by atoms with Crippen molar-refractivity contribution in [2.24, 2.45) is 5.73 Å². The van der Waals surface area contributed by atoms with Gasteiger partial charge in [-0.2, -0.15) is 26.3 Å². The molecule has 2 heterocycles. The summed E-state index contributed by atoms with van der Waals surface area (Å²) < 4.78 is 85.5. The lowest BCUT2D eigenvalue weighted by Crippen LogP contribution is -2.47. The lowest BCUT2D eigenvalue weighted by molar-refractivity contribution is -0.143. The van der Waals surface area contributed by atoms with E-state index in [-0.39, 0.29) is 51.1 Å². The molecule has 4 amide bonds. The molecule has 1 saturated heterocycles. The highest BCUT2D eigenvalue weighted by molar-refractivity contribution is 8.18. The molecule has 3 aromatic rings. The van der Waals surface area contributed by atoms with Gasteiger partial charge < -0.3 is 15.8 Å². The summed E-state index contributed by atoms with van der Waals surface area (Å²) in [7, 11) is 0. The monoisotopic (exact) mass is 727 g/mol. The van der Waals surface area contributed by atoms with Gasteiger partial charge in [0, 0.05) is 17.0 Å². The summed E-state index contributed by atoms with van der Waals surface area (Å²) in [6, 6.07) is 6.49. The average Bonchev–Trinajstić information content (AvgIpc) is 3.55. The highest BCUT2D eigenvalue weighted by Gasteiger charge is 2.43. The van der Waals surface area contributed by atoms with Gasteiger partial charge >= 0.3 is 18.3 Å². The van der Waals surface area contributed by atoms with E-state index in [1.807, 2.05) is 0 Å². The number of halogens is 6. The minimum Gasteiger partial charge on any atom is -0.456 e. The van der Waals surface area contributed by atoms with Crippen LogP contribution in [0.2, 0.25) is 0 Å². The summed E-state index contributed by atoms with van der Waals surface area (Å²) >= 11 is 1.34. The predicted octanol–water partition coefficient (Wildman–Crippen LogP) is 7.72. The molecule has 17 heteroatoms. The first-order valence-corrected chi connectivity index (χ1v) is 15.9. The summed E-state index contributed by atoms with van der Waals surface area (Å²) in [5.74, 6) is -3.18. The molecule has 0 spiro atoms. The number of hydrogen-bond acceptors (Lipinski definition) is 8. The summed E-state index contributed by atoms with van der Waals surface area (Å²) in [5.41, 5.74) is 1.54. The Bertz CT molecular complexity index is 1800. The maximum Gasteiger partial charge on any atom is 0.416 e. The molecule has 1 atom stereocenters. The van der Waals surface area contributed by atoms with E-state index < -0.39 is 64.1 Å². The molecule has 1 aliphatic rings. The van der Waals surface area contributed by atoms with Crippen molar-refractivity contribution < 1.29 is 55.1 Å². The van der Waals surface area contributed by atoms with Gasteiger partial charge in [-0.25, -0.2) is 4.79 Å². The molecule has 2 aromatic carbocycles. The summed E-state index contributed by atoms with van der Waals surface area (Å²) in [4.78, 5) is 64.3. The van der Waals surface area contributed by atoms with E-state index in [1.54, 1.807) is 20.8 Å². The topological polar surface area (TPSA) is 136 Å². The molecule has 1 aliphatic heterocycles. The van der Waals surface area contributed by atoms with E-state index in [2.05, 4.69) is 5.32 Å². The van der Waals surface area contributed by atoms with Gasteiger partial charge in [0.15, 0.2) is 0 Å². The fourth-order valence-corrected chi connectivity index (χ4v) is 6.28. The number of thiophene rings is 1. The maximum atomic E-state index is 13.4. The number of carbonyl (C=O) groups excluding carboxylic acids is 5. The molecule has 260 valence electrons. The number of amides is 4. The minimum atomic E-state index is -5.05. The Balaban J connectivity index is 1.57. The van der Waals surface area contributed by atoms with Crippen molar-refractivity contribution in [2.45, 2.75) is 57.6 Å². The molecular formula is C32H27F6N3O6S2. The Hall–Kier alpha value is -4.64. The number of ether oxygens (including phenoxy) is 1. The van der Waals surface area contributed by atoms with E-state index in [0.717, 1.165) is 11.3 Å². The van der Waals surface area contributed by atoms with Crippen molar-refractivity contribution in [1.29, 1.82) is 0 Å². The predicted molar refractivity (Wildman–Crippen MR) is 170 cm³/mol. The highest BCUT2D eigenvalue weighted by Crippen LogP contribution is 2.41. The molecule has 0 unspecified atom stereocenters. The Morgan fingerprint density at radius 1 is 0.918 bits per heavy atom. The van der Waals surface area contributed by atoms with Gasteiger partial charge in [0.05, 0.1) is 21.6 Å². The van der Waals surface area contributed by atoms with E-state index in [4.69, 9.17) is 10.5 Å². The van der Waals surface area contributed by atoms with E-state index in [9.17, 15) is 50.3 Å². The molecule has 3 N–H and O–H groups in total. The minimum absolute atomic E-state index is 0.00322. The van der Waals surface area contributed by atoms with Gasteiger partial charge in [-0.1, -0.05) is 0 Å². The molecule has 0 radical (unpaired) electrons. The zero-order chi connectivity index (χ0) is 36.5. The molecule has 9 nitrogen and oxygen atoms in total. The van der Waals surface area contributed by atoms with Gasteiger partial charge in [-0.05, 0) is 110 Å². The number of imide groups is 1. The van der Waals surface area contributed by atoms with Crippen LogP contribution in [0.1, 0.15) is 60.0 Å². The lowest BCUT2D eigenvalue weighted by Gasteiger charge is -2.24. The molecule has 1 fully saturated rings. The van der Waals surface area contributed by atoms with Crippen LogP contribution >= 0.6 is 23.1 Å². The SMILES string of the molecule is CC(C)(C)OC(=O)c1ccc(NC(=O)[C@@H](CCC(N)=O)N2C(=O)SC(=Cc3cc(-c4cc(C(F)(F)F)cc(C(F)(F)F)c4)cs3)C2=O)cc1. The van der Waals surface area contributed by atoms with Crippen molar-refractivity contribution >= 4 is 63.8 Å². The van der Waals surface area contributed by atoms with Gasteiger partial charge in [0.2, 0.25) is 11.8 Å². The number of primary amides is 1. The fraction of sp³-hybridized carbons (Fsp3) is 0.281. The molecule has 0 saturated carbocycles. The molecular weight excluding hydrogens is 700 g/mol. The number of nitrogens with one attached hydrogen (secondary N) is 1. The first-order chi connectivity index (χ1) is 22.6. The summed E-state index contributed by atoms with van der Waals surface area (Å²) in [6.45, 7) is 5.08. The van der Waals surface area contributed by atoms with Crippen LogP contribution in [0.25, 0.3) is 17.2 Å². The van der Waals surface area contributed by atoms with Crippen molar-refractivity contribution in [3.8, 4) is 11.1 Å². The van der Waals surface area contributed by atoms with Gasteiger partial charge in [-0.15, -0.1) is 11.3 Å². The first kappa shape index (κ1) is 37.2. The second kappa shape index (κ2) is 14.1. The van der Waals surface area contributed by atoms with Crippen molar-refractivity contribution in [3.63, 3.8) is 0 Å². The number of anilines is 1. The standard InChI is InChI=1S/C32H27F6N3O6S2/c1-30(2,3)47-28(45)16-4-6-21(7-5-16)40-26(43)23(8-9-25(39)42)41-27(44)24(49-29(41)46)14-22-12-18(15-48-22)17-10-19(31(33,34)35)13-20(11-17)32(36,37)38/h4-7,10-15,23H,8-9H2,1-3H3,(H2,39,42)(H,40,43)/t23-/m1/s1. The number of alkyl halides is 6. The summed E-state index contributed by atoms with van der Waals surface area (Å²) in [6.07, 6.45) is -9.58. The average molecular weight is 728 g/mol. The van der Waals surface area contributed by atoms with Crippen LogP contribution in [0.5, 0.6) is 0 Å². The molecule has 0 aliphatic carbocycles. The van der Waals surface area contributed by atoms with E-state index in [0.29, 0.717) is 28.8 Å². The van der Waals surface area contributed by atoms with Crippen LogP contribution in [0.3, 0.4) is 0 Å². The Kier molecular flexibility index (Phi) is 10.7. The first-order valence-electron chi connectivity index (χ1n) is 14.2. The molecule has 4 rings (SSSR count). The quantitative estimate of drug-likeness (QED) is 0.131. The number of nitrogens with two attached hydrogens (primary N) is 1. The van der Waals surface area contributed by atoms with Crippen LogP contribution < -0.4 is 11.1 Å². The number of esters is 1. The zero-order valence-corrected chi connectivity index (χ0v) is 27.5. The van der Waals surface area contributed by atoms with Gasteiger partial charge in [0.25, 0.3) is 11.1 Å². The van der Waals surface area contributed by atoms with Crippen molar-refractivity contribution in [3.05, 3.63) is 80.4 Å². The van der Waals surface area contributed by atoms with Crippen LogP contribution in [-0.4, -0.2) is 45.5 Å². The van der Waals surface area contributed by atoms with Crippen LogP contribution in [0.4, 0.5) is 36.8 Å². The fourth-order valence-electron chi connectivity index (χ4n) is 4.49. The highest BCUT2D eigenvalue weighted by atomic mass is 32.2. The maximum absolute atomic E-state index is 13.4. The normalized spacial score (nSPS) is 15.4. The second-order valence-corrected chi connectivity index (χ2v) is 13.6. The number of hydrogen-bond donors (Lipinski definition) is 2. The van der Waals surface area contributed by atoms with E-state index in [1.165, 1.54) is 41.8 Å². The smallest absolute Gasteiger partial charge is 0.416 e. The van der Waals surface area contributed by atoms with Gasteiger partial charge in [0.1, 0.15) is 11.6 Å². The van der Waals surface area contributed by atoms with Gasteiger partial charge in [-0.3, -0.25) is 24.1 Å². The molecule has 0 bridgehead atoms. The Morgan fingerprint density at radius 3 is 2.04 bits per heavy atom. The summed E-state index contributed by atoms with van der Waals surface area (Å²) in [5, 5.41) is 2.96. The van der Waals surface area contributed by atoms with E-state index >= 15 is 0 Å². The number of benzene rings is 2. The number of thioether (sulfide) groups is 1. The Morgan fingerprint density at radius 2 is 1.51 bits per heavy atom. The third-order valence-electron chi connectivity index (χ3n) is 6.70. The number of rotatable bonds is 9. The van der Waals surface area contributed by atoms with Crippen LogP contribution in [-0.2, 0) is 31.5 Å². The number of carbonyl (C=O) groups is 5. The third kappa shape index (κ3) is 9.50. The van der Waals surface area contributed by atoms with Crippen molar-refractivity contribution in [2.75, 3.05) is 5.32 Å². The second-order valence-electron chi connectivity index (χ2n) is 11.7. The largest absolute Gasteiger partial charge is 0.456 e.